The van der Waals surface area contributed by atoms with Gasteiger partial charge in [0, 0.05) is 18.4 Å². The predicted octanol–water partition coefficient (Wildman–Crippen LogP) is -0.0510. The summed E-state index contributed by atoms with van der Waals surface area (Å²) in [6, 6.07) is 1.02. The van der Waals surface area contributed by atoms with E-state index in [1.807, 2.05) is 0 Å². The van der Waals surface area contributed by atoms with Crippen molar-refractivity contribution >= 4 is 15.7 Å². The van der Waals surface area contributed by atoms with Crippen LogP contribution in [-0.2, 0) is 10.0 Å². The molecule has 1 heterocycles. The zero-order valence-electron chi connectivity index (χ0n) is 10.4. The summed E-state index contributed by atoms with van der Waals surface area (Å²) in [4.78, 5) is 3.78. The Balaban J connectivity index is 2.22. The van der Waals surface area contributed by atoms with Gasteiger partial charge in [0.05, 0.1) is 11.8 Å². The minimum absolute atomic E-state index is 0.0183. The molecule has 1 aromatic rings. The predicted molar refractivity (Wildman–Crippen MR) is 70.6 cm³/mol. The average molecular weight is 286 g/mol. The van der Waals surface area contributed by atoms with Gasteiger partial charge in [-0.25, -0.2) is 13.1 Å². The highest BCUT2D eigenvalue weighted by atomic mass is 32.2. The SMILES string of the molecule is NNc1ccncc1S(=O)(=O)NC1CCCCC1O. The van der Waals surface area contributed by atoms with Gasteiger partial charge in [0.1, 0.15) is 4.90 Å². The fourth-order valence-corrected chi connectivity index (χ4v) is 3.64. The lowest BCUT2D eigenvalue weighted by Crippen LogP contribution is -2.45. The van der Waals surface area contributed by atoms with Crippen LogP contribution in [0.25, 0.3) is 0 Å². The fraction of sp³-hybridized carbons (Fsp3) is 0.545. The van der Waals surface area contributed by atoms with Gasteiger partial charge >= 0.3 is 0 Å². The van der Waals surface area contributed by atoms with Gasteiger partial charge in [0.25, 0.3) is 0 Å². The maximum Gasteiger partial charge on any atom is 0.244 e. The topological polar surface area (TPSA) is 117 Å². The van der Waals surface area contributed by atoms with E-state index in [0.29, 0.717) is 12.8 Å². The summed E-state index contributed by atoms with van der Waals surface area (Å²) in [5.74, 6) is 5.29. The maximum atomic E-state index is 12.3. The van der Waals surface area contributed by atoms with Crippen LogP contribution in [-0.4, -0.2) is 30.7 Å². The molecule has 0 aliphatic heterocycles. The maximum absolute atomic E-state index is 12.3. The van der Waals surface area contributed by atoms with Crippen molar-refractivity contribution in [2.75, 3.05) is 5.43 Å². The van der Waals surface area contributed by atoms with E-state index in [0.717, 1.165) is 12.8 Å². The highest BCUT2D eigenvalue weighted by molar-refractivity contribution is 7.89. The average Bonchev–Trinajstić information content (AvgIpc) is 2.41. The molecule has 2 atom stereocenters. The number of sulfonamides is 1. The number of aromatic nitrogens is 1. The second-order valence-corrected chi connectivity index (χ2v) is 6.28. The second-order valence-electron chi connectivity index (χ2n) is 4.60. The molecule has 0 bridgehead atoms. The number of aliphatic hydroxyl groups is 1. The van der Waals surface area contributed by atoms with Gasteiger partial charge in [0.2, 0.25) is 10.0 Å². The van der Waals surface area contributed by atoms with Crippen LogP contribution in [0.5, 0.6) is 0 Å². The zero-order valence-corrected chi connectivity index (χ0v) is 11.2. The molecular formula is C11H18N4O3S. The Kier molecular flexibility index (Phi) is 4.35. The first-order chi connectivity index (χ1) is 9.04. The zero-order chi connectivity index (χ0) is 13.9. The first kappa shape index (κ1) is 14.2. The van der Waals surface area contributed by atoms with E-state index in [4.69, 9.17) is 5.84 Å². The van der Waals surface area contributed by atoms with Gasteiger partial charge < -0.3 is 10.5 Å². The van der Waals surface area contributed by atoms with Gasteiger partial charge in [-0.3, -0.25) is 10.8 Å². The third kappa shape index (κ3) is 3.21. The van der Waals surface area contributed by atoms with Crippen molar-refractivity contribution in [1.29, 1.82) is 0 Å². The van der Waals surface area contributed by atoms with Crippen LogP contribution in [0.3, 0.4) is 0 Å². The van der Waals surface area contributed by atoms with Crippen LogP contribution in [0.15, 0.2) is 23.4 Å². The van der Waals surface area contributed by atoms with E-state index in [9.17, 15) is 13.5 Å². The molecule has 0 amide bonds. The number of nitrogens with zero attached hydrogens (tertiary/aromatic N) is 1. The van der Waals surface area contributed by atoms with Gasteiger partial charge in [-0.1, -0.05) is 12.8 Å². The normalized spacial score (nSPS) is 24.1. The summed E-state index contributed by atoms with van der Waals surface area (Å²) in [5, 5.41) is 9.82. The smallest absolute Gasteiger partial charge is 0.244 e. The van der Waals surface area contributed by atoms with Crippen LogP contribution >= 0.6 is 0 Å². The molecule has 0 aromatic carbocycles. The lowest BCUT2D eigenvalue weighted by atomic mass is 9.93. The van der Waals surface area contributed by atoms with Crippen LogP contribution in [0, 0.1) is 0 Å². The quantitative estimate of drug-likeness (QED) is 0.455. The number of rotatable bonds is 4. The van der Waals surface area contributed by atoms with Crippen molar-refractivity contribution in [3.8, 4) is 0 Å². The van der Waals surface area contributed by atoms with Crippen molar-refractivity contribution in [1.82, 2.24) is 9.71 Å². The number of pyridine rings is 1. The molecule has 0 radical (unpaired) electrons. The molecule has 1 aromatic heterocycles. The van der Waals surface area contributed by atoms with Crippen molar-refractivity contribution in [3.05, 3.63) is 18.5 Å². The summed E-state index contributed by atoms with van der Waals surface area (Å²) in [6.45, 7) is 0. The molecule has 1 aliphatic carbocycles. The van der Waals surface area contributed by atoms with Crippen molar-refractivity contribution < 1.29 is 13.5 Å². The first-order valence-electron chi connectivity index (χ1n) is 6.15. The highest BCUT2D eigenvalue weighted by Gasteiger charge is 2.29. The first-order valence-corrected chi connectivity index (χ1v) is 7.64. The van der Waals surface area contributed by atoms with Crippen molar-refractivity contribution in [3.63, 3.8) is 0 Å². The van der Waals surface area contributed by atoms with Gasteiger partial charge in [-0.15, -0.1) is 0 Å². The molecule has 5 N–H and O–H groups in total. The number of nitrogen functional groups attached to an aromatic ring is 1. The number of hydrazine groups is 1. The molecule has 19 heavy (non-hydrogen) atoms. The number of hydrogen-bond donors (Lipinski definition) is 4. The van der Waals surface area contributed by atoms with Crippen LogP contribution < -0.4 is 16.0 Å². The monoisotopic (exact) mass is 286 g/mol. The fourth-order valence-electron chi connectivity index (χ4n) is 2.22. The summed E-state index contributed by atoms with van der Waals surface area (Å²) in [6.07, 6.45) is 5.10. The molecule has 2 unspecified atom stereocenters. The van der Waals surface area contributed by atoms with Crippen molar-refractivity contribution in [2.45, 2.75) is 42.7 Å². The summed E-state index contributed by atoms with van der Waals surface area (Å²) in [5.41, 5.74) is 2.60. The Hall–Kier alpha value is -1.22. The highest BCUT2D eigenvalue weighted by Crippen LogP contribution is 2.23. The van der Waals surface area contributed by atoms with E-state index in [2.05, 4.69) is 15.1 Å². The Morgan fingerprint density at radius 2 is 2.11 bits per heavy atom. The molecule has 8 heteroatoms. The van der Waals surface area contributed by atoms with E-state index in [1.165, 1.54) is 18.5 Å². The molecule has 7 nitrogen and oxygen atoms in total. The van der Waals surface area contributed by atoms with E-state index in [1.54, 1.807) is 0 Å². The molecule has 1 fully saturated rings. The minimum atomic E-state index is -3.75. The number of nitrogens with two attached hydrogens (primary N) is 1. The summed E-state index contributed by atoms with van der Waals surface area (Å²) < 4.78 is 27.1. The standard InChI is InChI=1S/C11H18N4O3S/c12-14-9-5-6-13-7-11(9)19(17,18)15-8-3-1-2-4-10(8)16/h5-8,10,15-16H,1-4,12H2,(H,13,14). The number of aliphatic hydroxyl groups excluding tert-OH is 1. The minimum Gasteiger partial charge on any atom is -0.391 e. The number of hydrogen-bond acceptors (Lipinski definition) is 6. The number of anilines is 1. The Labute approximate surface area is 112 Å². The lowest BCUT2D eigenvalue weighted by molar-refractivity contribution is 0.101. The number of nitrogens with one attached hydrogen (secondary N) is 2. The van der Waals surface area contributed by atoms with Gasteiger partial charge in [-0.05, 0) is 18.9 Å². The van der Waals surface area contributed by atoms with Gasteiger partial charge in [0.15, 0.2) is 0 Å². The molecule has 106 valence electrons. The van der Waals surface area contributed by atoms with Crippen molar-refractivity contribution in [2.24, 2.45) is 5.84 Å². The molecule has 0 saturated heterocycles. The van der Waals surface area contributed by atoms with E-state index >= 15 is 0 Å². The molecule has 1 aliphatic rings. The third-order valence-electron chi connectivity index (χ3n) is 3.27. The Morgan fingerprint density at radius 1 is 1.37 bits per heavy atom. The Bertz CT molecular complexity index is 534. The van der Waals surface area contributed by atoms with Gasteiger partial charge in [-0.2, -0.15) is 0 Å². The van der Waals surface area contributed by atoms with Crippen LogP contribution in [0.1, 0.15) is 25.7 Å². The van der Waals surface area contributed by atoms with Crippen LogP contribution in [0.4, 0.5) is 5.69 Å². The Morgan fingerprint density at radius 3 is 2.79 bits per heavy atom. The third-order valence-corrected chi connectivity index (χ3v) is 4.78. The van der Waals surface area contributed by atoms with E-state index in [-0.39, 0.29) is 10.6 Å². The summed E-state index contributed by atoms with van der Waals surface area (Å²) in [7, 11) is -3.75. The molecule has 0 spiro atoms. The second kappa shape index (κ2) is 5.83. The molecule has 1 saturated carbocycles. The van der Waals surface area contributed by atoms with Crippen LogP contribution in [0.2, 0.25) is 0 Å². The molecular weight excluding hydrogens is 268 g/mol. The molecule has 2 rings (SSSR count). The van der Waals surface area contributed by atoms with E-state index < -0.39 is 22.2 Å². The largest absolute Gasteiger partial charge is 0.391 e. The summed E-state index contributed by atoms with van der Waals surface area (Å²) >= 11 is 0. The lowest BCUT2D eigenvalue weighted by Gasteiger charge is -2.28.